The topological polar surface area (TPSA) is 146 Å². The second-order valence-corrected chi connectivity index (χ2v) is 8.20. The molecule has 17 heteroatoms. The molecule has 11 nitrogen and oxygen atoms in total. The van der Waals surface area contributed by atoms with E-state index in [1.807, 2.05) is 26.5 Å². The fraction of sp³-hybridized carbons (Fsp3) is 0.500. The zero-order valence-corrected chi connectivity index (χ0v) is 21.0. The summed E-state index contributed by atoms with van der Waals surface area (Å²) in [6, 6.07) is 1.67. The van der Waals surface area contributed by atoms with Crippen LogP contribution in [0.5, 0.6) is 0 Å². The molecule has 0 radical (unpaired) electrons. The number of halogens is 6. The molecule has 3 rings (SSSR count). The smallest absolute Gasteiger partial charge is 0.475 e. The van der Waals surface area contributed by atoms with Crippen molar-refractivity contribution in [3.8, 4) is 0 Å². The molecule has 0 spiro atoms. The summed E-state index contributed by atoms with van der Waals surface area (Å²) in [7, 11) is 4.05. The molecule has 2 aromatic rings. The quantitative estimate of drug-likeness (QED) is 0.391. The van der Waals surface area contributed by atoms with Crippen molar-refractivity contribution in [3.63, 3.8) is 0 Å². The summed E-state index contributed by atoms with van der Waals surface area (Å²) >= 11 is 0. The van der Waals surface area contributed by atoms with Gasteiger partial charge in [-0.1, -0.05) is 5.16 Å². The summed E-state index contributed by atoms with van der Waals surface area (Å²) in [5.41, 5.74) is 3.80. The summed E-state index contributed by atoms with van der Waals surface area (Å²) in [4.78, 5) is 38.5. The molecular formula is C22H26F6N4O7. The van der Waals surface area contributed by atoms with Crippen molar-refractivity contribution < 1.29 is 60.2 Å². The molecule has 0 fully saturated rings. The highest BCUT2D eigenvalue weighted by molar-refractivity contribution is 5.92. The number of alkyl halides is 6. The zero-order valence-electron chi connectivity index (χ0n) is 21.0. The monoisotopic (exact) mass is 572 g/mol. The first-order chi connectivity index (χ1) is 17.9. The molecule has 0 atom stereocenters. The first kappa shape index (κ1) is 33.3. The second-order valence-electron chi connectivity index (χ2n) is 8.20. The van der Waals surface area contributed by atoms with Crippen molar-refractivity contribution in [1.82, 2.24) is 19.9 Å². The average Bonchev–Trinajstić information content (AvgIpc) is 3.26. The van der Waals surface area contributed by atoms with Gasteiger partial charge in [0.2, 0.25) is 0 Å². The zero-order chi connectivity index (χ0) is 30.0. The predicted octanol–water partition coefficient (Wildman–Crippen LogP) is 2.92. The highest BCUT2D eigenvalue weighted by atomic mass is 19.4. The largest absolute Gasteiger partial charge is 0.490 e. The Kier molecular flexibility index (Phi) is 12.3. The minimum atomic E-state index is -5.08. The fourth-order valence-corrected chi connectivity index (χ4v) is 2.92. The Bertz CT molecular complexity index is 1100. The third-order valence-corrected chi connectivity index (χ3v) is 4.79. The average molecular weight is 572 g/mol. The second kappa shape index (κ2) is 14.4. The van der Waals surface area contributed by atoms with Crippen LogP contribution in [0.1, 0.15) is 32.9 Å². The molecule has 0 aliphatic carbocycles. The van der Waals surface area contributed by atoms with Crippen molar-refractivity contribution in [2.24, 2.45) is 0 Å². The van der Waals surface area contributed by atoms with Gasteiger partial charge >= 0.3 is 24.3 Å². The lowest BCUT2D eigenvalue weighted by atomic mass is 9.97. The molecule has 39 heavy (non-hydrogen) atoms. The Morgan fingerprint density at radius 3 is 2.10 bits per heavy atom. The van der Waals surface area contributed by atoms with Gasteiger partial charge in [-0.25, -0.2) is 9.59 Å². The number of pyridine rings is 1. The number of likely N-dealkylation sites (N-methyl/N-ethyl adjacent to an activating group) is 1. The van der Waals surface area contributed by atoms with E-state index < -0.39 is 24.3 Å². The minimum absolute atomic E-state index is 0.102. The number of nitrogens with zero attached hydrogens (tertiary/aromatic N) is 4. The van der Waals surface area contributed by atoms with Gasteiger partial charge in [-0.15, -0.1) is 0 Å². The molecule has 2 N–H and O–H groups in total. The number of hydrogen-bond donors (Lipinski definition) is 2. The lowest BCUT2D eigenvalue weighted by Crippen LogP contribution is -2.36. The Balaban J connectivity index is 0.000000449. The van der Waals surface area contributed by atoms with Gasteiger partial charge in [-0.2, -0.15) is 26.3 Å². The standard InChI is InChI=1S/C18H24N4O3.2C2HF3O2/c1-13-8-17(20-25-13)18(23)22-5-4-16-14(11-22)9-19-10-15(16)12-24-7-6-21(2)3;2*3-2(4,5)1(6)7/h8-10H,4-7,11-12H2,1-3H3;2*(H,6,7). The number of carbonyl (C=O) groups is 3. The Hall–Kier alpha value is -3.73. The minimum Gasteiger partial charge on any atom is -0.475 e. The van der Waals surface area contributed by atoms with Gasteiger partial charge in [0.05, 0.1) is 13.2 Å². The third-order valence-electron chi connectivity index (χ3n) is 4.79. The number of carboxylic acid groups (broad SMARTS) is 2. The maximum Gasteiger partial charge on any atom is 0.490 e. The van der Waals surface area contributed by atoms with Crippen LogP contribution in [0.25, 0.3) is 0 Å². The summed E-state index contributed by atoms with van der Waals surface area (Å²) in [6.07, 6.45) is -5.66. The van der Waals surface area contributed by atoms with Crippen LogP contribution in [0.15, 0.2) is 23.0 Å². The highest BCUT2D eigenvalue weighted by Gasteiger charge is 2.38. The van der Waals surface area contributed by atoms with E-state index in [0.717, 1.165) is 24.1 Å². The highest BCUT2D eigenvalue weighted by Crippen LogP contribution is 2.23. The van der Waals surface area contributed by atoms with E-state index in [9.17, 15) is 31.1 Å². The molecule has 0 bridgehead atoms. The van der Waals surface area contributed by atoms with E-state index >= 15 is 0 Å². The summed E-state index contributed by atoms with van der Waals surface area (Å²) < 4.78 is 74.2. The first-order valence-corrected chi connectivity index (χ1v) is 10.9. The predicted molar refractivity (Wildman–Crippen MR) is 120 cm³/mol. The van der Waals surface area contributed by atoms with Crippen LogP contribution in [0, 0.1) is 6.92 Å². The molecule has 0 saturated heterocycles. The number of aliphatic carboxylic acids is 2. The maximum absolute atomic E-state index is 12.5. The number of hydrogen-bond acceptors (Lipinski definition) is 8. The van der Waals surface area contributed by atoms with E-state index in [4.69, 9.17) is 29.1 Å². The lowest BCUT2D eigenvalue weighted by molar-refractivity contribution is -0.193. The number of rotatable bonds is 6. The molecule has 3 heterocycles. The van der Waals surface area contributed by atoms with Crippen LogP contribution in [0.3, 0.4) is 0 Å². The van der Waals surface area contributed by atoms with Crippen molar-refractivity contribution in [2.45, 2.75) is 38.8 Å². The molecule has 1 aliphatic heterocycles. The van der Waals surface area contributed by atoms with Gasteiger partial charge in [0, 0.05) is 38.1 Å². The number of fused-ring (bicyclic) bond motifs is 1. The number of aromatic nitrogens is 2. The fourth-order valence-electron chi connectivity index (χ4n) is 2.92. The molecular weight excluding hydrogens is 546 g/mol. The van der Waals surface area contributed by atoms with E-state index in [1.165, 1.54) is 5.56 Å². The van der Waals surface area contributed by atoms with Crippen LogP contribution in [-0.4, -0.2) is 94.1 Å². The number of carboxylic acids is 2. The maximum atomic E-state index is 12.5. The van der Waals surface area contributed by atoms with E-state index in [1.54, 1.807) is 17.9 Å². The first-order valence-electron chi connectivity index (χ1n) is 10.9. The van der Waals surface area contributed by atoms with Gasteiger partial charge in [0.15, 0.2) is 5.69 Å². The molecule has 1 amide bonds. The normalized spacial score (nSPS) is 13.0. The van der Waals surface area contributed by atoms with Gasteiger partial charge in [0.1, 0.15) is 5.76 Å². The Morgan fingerprint density at radius 1 is 1.08 bits per heavy atom. The van der Waals surface area contributed by atoms with E-state index in [-0.39, 0.29) is 5.91 Å². The lowest BCUT2D eigenvalue weighted by Gasteiger charge is -2.29. The number of amides is 1. The molecule has 218 valence electrons. The molecule has 0 saturated carbocycles. The number of ether oxygens (including phenoxy) is 1. The van der Waals surface area contributed by atoms with Crippen LogP contribution >= 0.6 is 0 Å². The summed E-state index contributed by atoms with van der Waals surface area (Å²) in [5.74, 6) is -4.98. The molecule has 0 aromatic carbocycles. The Labute approximate surface area is 217 Å². The van der Waals surface area contributed by atoms with Crippen molar-refractivity contribution in [1.29, 1.82) is 0 Å². The van der Waals surface area contributed by atoms with Crippen LogP contribution < -0.4 is 0 Å². The third kappa shape index (κ3) is 11.7. The summed E-state index contributed by atoms with van der Waals surface area (Å²) in [6.45, 7) is 5.11. The molecule has 1 aliphatic rings. The van der Waals surface area contributed by atoms with Crippen LogP contribution in [-0.2, 0) is 33.9 Å². The van der Waals surface area contributed by atoms with Crippen LogP contribution in [0.2, 0.25) is 0 Å². The van der Waals surface area contributed by atoms with Gasteiger partial charge in [-0.05, 0) is 44.1 Å². The van der Waals surface area contributed by atoms with Crippen molar-refractivity contribution in [3.05, 3.63) is 46.6 Å². The van der Waals surface area contributed by atoms with Gasteiger partial charge < -0.3 is 29.3 Å². The van der Waals surface area contributed by atoms with E-state index in [2.05, 4.69) is 15.0 Å². The van der Waals surface area contributed by atoms with Gasteiger partial charge in [-0.3, -0.25) is 9.78 Å². The van der Waals surface area contributed by atoms with Crippen LogP contribution in [0.4, 0.5) is 26.3 Å². The summed E-state index contributed by atoms with van der Waals surface area (Å²) in [5, 5.41) is 18.1. The van der Waals surface area contributed by atoms with Gasteiger partial charge in [0.25, 0.3) is 5.91 Å². The van der Waals surface area contributed by atoms with Crippen molar-refractivity contribution in [2.75, 3.05) is 33.8 Å². The van der Waals surface area contributed by atoms with E-state index in [0.29, 0.717) is 37.8 Å². The molecule has 2 aromatic heterocycles. The van der Waals surface area contributed by atoms with Crippen molar-refractivity contribution >= 4 is 17.8 Å². The number of aryl methyl sites for hydroxylation is 1. The Morgan fingerprint density at radius 2 is 1.64 bits per heavy atom. The number of carbonyl (C=O) groups excluding carboxylic acids is 1. The molecule has 0 unspecified atom stereocenters. The SMILES string of the molecule is Cc1cc(C(=O)N2CCc3c(COCCN(C)C)cncc3C2)no1.O=C(O)C(F)(F)F.O=C(O)C(F)(F)F.